The Balaban J connectivity index is 1.90. The average molecular weight is 541 g/mol. The number of nitrogens with one attached hydrogen (secondary N) is 1. The van der Waals surface area contributed by atoms with Crippen LogP contribution in [0.5, 0.6) is 0 Å². The van der Waals surface area contributed by atoms with E-state index in [1.54, 1.807) is 0 Å². The normalized spacial score (nSPS) is 16.3. The molecule has 1 saturated carbocycles. The number of carbonyl (C=O) groups excluding carboxylic acids is 1. The average Bonchev–Trinajstić information content (AvgIpc) is 2.78. The Bertz CT molecular complexity index is 1030. The van der Waals surface area contributed by atoms with E-state index in [2.05, 4.69) is 5.32 Å². The molecule has 11 heteroatoms. The van der Waals surface area contributed by atoms with E-state index < -0.39 is 29.5 Å². The topological polar surface area (TPSA) is 55.1 Å². The summed E-state index contributed by atoms with van der Waals surface area (Å²) in [5.74, 6) is -0.382. The molecule has 1 aliphatic carbocycles. The second-order valence-electron chi connectivity index (χ2n) is 8.74. The first-order valence-electron chi connectivity index (χ1n) is 11.1. The zero-order valence-electron chi connectivity index (χ0n) is 18.5. The van der Waals surface area contributed by atoms with Crippen LogP contribution in [0.2, 0.25) is 10.0 Å². The first kappa shape index (κ1) is 27.6. The highest BCUT2D eigenvalue weighted by atomic mass is 35.5. The fourth-order valence-corrected chi connectivity index (χ4v) is 4.65. The van der Waals surface area contributed by atoms with Crippen molar-refractivity contribution in [1.82, 2.24) is 5.32 Å². The number of amides is 1. The maximum absolute atomic E-state index is 13.3. The third-order valence-corrected chi connectivity index (χ3v) is 6.89. The summed E-state index contributed by atoms with van der Waals surface area (Å²) in [6, 6.07) is 3.37. The van der Waals surface area contributed by atoms with E-state index in [-0.39, 0.29) is 52.0 Å². The van der Waals surface area contributed by atoms with Gasteiger partial charge in [0.1, 0.15) is 0 Å². The number of rotatable bonds is 6. The molecule has 3 rings (SSSR count). The van der Waals surface area contributed by atoms with E-state index >= 15 is 0 Å². The summed E-state index contributed by atoms with van der Waals surface area (Å²) in [4.78, 5) is 12.6. The zero-order valence-corrected chi connectivity index (χ0v) is 20.0. The van der Waals surface area contributed by atoms with E-state index in [1.165, 1.54) is 12.1 Å². The highest BCUT2D eigenvalue weighted by Crippen LogP contribution is 2.38. The molecule has 3 nitrogen and oxygen atoms in total. The minimum atomic E-state index is -4.98. The summed E-state index contributed by atoms with van der Waals surface area (Å²) in [7, 11) is 0. The number of carbonyl (C=O) groups is 1. The van der Waals surface area contributed by atoms with E-state index in [4.69, 9.17) is 28.9 Å². The Morgan fingerprint density at radius 1 is 0.971 bits per heavy atom. The van der Waals surface area contributed by atoms with Crippen LogP contribution in [0.25, 0.3) is 0 Å². The van der Waals surface area contributed by atoms with Gasteiger partial charge >= 0.3 is 12.4 Å². The fourth-order valence-electron chi connectivity index (χ4n) is 4.23. The summed E-state index contributed by atoms with van der Waals surface area (Å²) in [5.41, 5.74) is 3.62. The highest BCUT2D eigenvalue weighted by molar-refractivity contribution is 6.42. The van der Waals surface area contributed by atoms with Gasteiger partial charge in [0.15, 0.2) is 0 Å². The van der Waals surface area contributed by atoms with Crippen molar-refractivity contribution in [1.29, 1.82) is 0 Å². The quantitative estimate of drug-likeness (QED) is 0.390. The summed E-state index contributed by atoms with van der Waals surface area (Å²) in [6.07, 6.45) is -5.50. The Labute approximate surface area is 209 Å². The summed E-state index contributed by atoms with van der Waals surface area (Å²) < 4.78 is 79.7. The Kier molecular flexibility index (Phi) is 8.65. The largest absolute Gasteiger partial charge is 0.416 e. The Hall–Kier alpha value is -1.97. The predicted molar refractivity (Wildman–Crippen MR) is 122 cm³/mol. The third-order valence-electron chi connectivity index (χ3n) is 6.05. The number of nitrogens with two attached hydrogens (primary N) is 1. The molecule has 0 spiro atoms. The Morgan fingerprint density at radius 2 is 1.54 bits per heavy atom. The van der Waals surface area contributed by atoms with Crippen LogP contribution in [0.4, 0.5) is 26.3 Å². The molecule has 192 valence electrons. The lowest BCUT2D eigenvalue weighted by Crippen LogP contribution is -2.47. The maximum atomic E-state index is 13.3. The zero-order chi connectivity index (χ0) is 26.0. The number of hydrogen-bond acceptors (Lipinski definition) is 2. The molecular formula is C24H24Cl2F6N2O. The smallest absolute Gasteiger partial charge is 0.352 e. The predicted octanol–water partition coefficient (Wildman–Crippen LogP) is 6.94. The van der Waals surface area contributed by atoms with Crippen molar-refractivity contribution in [2.24, 2.45) is 5.73 Å². The van der Waals surface area contributed by atoms with Crippen LogP contribution in [-0.4, -0.2) is 18.0 Å². The van der Waals surface area contributed by atoms with Gasteiger partial charge in [0.25, 0.3) is 0 Å². The van der Waals surface area contributed by atoms with Crippen molar-refractivity contribution in [2.45, 2.75) is 69.4 Å². The first-order valence-corrected chi connectivity index (χ1v) is 11.8. The van der Waals surface area contributed by atoms with Crippen molar-refractivity contribution in [3.63, 3.8) is 0 Å². The van der Waals surface area contributed by atoms with Gasteiger partial charge in [-0.3, -0.25) is 4.79 Å². The molecule has 0 aliphatic heterocycles. The van der Waals surface area contributed by atoms with Crippen LogP contribution in [0, 0.1) is 0 Å². The molecule has 1 amide bonds. The summed E-state index contributed by atoms with van der Waals surface area (Å²) in [5, 5.41) is 2.97. The van der Waals surface area contributed by atoms with Crippen molar-refractivity contribution < 1.29 is 31.1 Å². The van der Waals surface area contributed by atoms with Crippen molar-refractivity contribution in [3.8, 4) is 0 Å². The molecule has 1 aliphatic rings. The lowest BCUT2D eigenvalue weighted by atomic mass is 9.92. The Morgan fingerprint density at radius 3 is 2.09 bits per heavy atom. The van der Waals surface area contributed by atoms with Crippen LogP contribution in [-0.2, 0) is 30.0 Å². The lowest BCUT2D eigenvalue weighted by molar-refractivity contribution is -0.143. The SMILES string of the molecule is NC(Cc1ccc(Cl)c(Cl)c1Cc1cc(C(F)(F)F)cc(C(F)(F)F)c1)C(=O)NC1CCCCC1. The molecule has 0 aromatic heterocycles. The fraction of sp³-hybridized carbons (Fsp3) is 0.458. The van der Waals surface area contributed by atoms with Crippen LogP contribution in [0.15, 0.2) is 30.3 Å². The minimum absolute atomic E-state index is 0.0180. The van der Waals surface area contributed by atoms with Gasteiger partial charge in [0.2, 0.25) is 5.91 Å². The molecule has 0 bridgehead atoms. The van der Waals surface area contributed by atoms with Gasteiger partial charge in [-0.25, -0.2) is 0 Å². The molecule has 1 fully saturated rings. The van der Waals surface area contributed by atoms with Gasteiger partial charge in [-0.2, -0.15) is 26.3 Å². The standard InChI is InChI=1S/C24H24Cl2F6N2O/c25-19-7-6-14(11-20(33)22(35)34-17-4-2-1-3-5-17)18(21(19)26)10-13-8-15(23(27,28)29)12-16(9-13)24(30,31)32/h6-9,12,17,20H,1-5,10-11,33H2,(H,34,35). The summed E-state index contributed by atoms with van der Waals surface area (Å²) >= 11 is 12.4. The van der Waals surface area contributed by atoms with Crippen molar-refractivity contribution >= 4 is 29.1 Å². The van der Waals surface area contributed by atoms with Gasteiger partial charge in [0.05, 0.1) is 27.2 Å². The van der Waals surface area contributed by atoms with Crippen molar-refractivity contribution in [2.75, 3.05) is 0 Å². The van der Waals surface area contributed by atoms with Gasteiger partial charge in [-0.1, -0.05) is 48.5 Å². The first-order chi connectivity index (χ1) is 16.3. The van der Waals surface area contributed by atoms with Crippen LogP contribution >= 0.6 is 23.2 Å². The van der Waals surface area contributed by atoms with E-state index in [1.807, 2.05) is 0 Å². The van der Waals surface area contributed by atoms with E-state index in [0.717, 1.165) is 32.1 Å². The van der Waals surface area contributed by atoms with Crippen LogP contribution < -0.4 is 11.1 Å². The highest BCUT2D eigenvalue weighted by Gasteiger charge is 2.37. The third kappa shape index (κ3) is 7.27. The molecule has 0 saturated heterocycles. The van der Waals surface area contributed by atoms with Gasteiger partial charge < -0.3 is 11.1 Å². The molecule has 3 N–H and O–H groups in total. The lowest BCUT2D eigenvalue weighted by Gasteiger charge is -2.25. The summed E-state index contributed by atoms with van der Waals surface area (Å²) in [6.45, 7) is 0. The van der Waals surface area contributed by atoms with Gasteiger partial charge in [0, 0.05) is 6.04 Å². The second-order valence-corrected chi connectivity index (χ2v) is 9.53. The second kappa shape index (κ2) is 11.0. The van der Waals surface area contributed by atoms with E-state index in [0.29, 0.717) is 17.7 Å². The monoisotopic (exact) mass is 540 g/mol. The number of alkyl halides is 6. The van der Waals surface area contributed by atoms with Crippen LogP contribution in [0.3, 0.4) is 0 Å². The molecule has 2 aromatic rings. The number of halogens is 8. The molecule has 1 atom stereocenters. The molecule has 0 radical (unpaired) electrons. The number of benzene rings is 2. The van der Waals surface area contributed by atoms with Gasteiger partial charge in [-0.05, 0) is 66.6 Å². The van der Waals surface area contributed by atoms with Crippen LogP contribution in [0.1, 0.15) is 59.9 Å². The molecule has 2 aromatic carbocycles. The van der Waals surface area contributed by atoms with Gasteiger partial charge in [-0.15, -0.1) is 0 Å². The van der Waals surface area contributed by atoms with Crippen molar-refractivity contribution in [3.05, 3.63) is 68.2 Å². The molecule has 35 heavy (non-hydrogen) atoms. The minimum Gasteiger partial charge on any atom is -0.352 e. The molecule has 0 heterocycles. The molecule has 1 unspecified atom stereocenters. The molecular weight excluding hydrogens is 517 g/mol. The number of hydrogen-bond donors (Lipinski definition) is 2. The maximum Gasteiger partial charge on any atom is 0.416 e. The van der Waals surface area contributed by atoms with E-state index in [9.17, 15) is 31.1 Å².